The van der Waals surface area contributed by atoms with Crippen molar-refractivity contribution in [3.05, 3.63) is 64.4 Å². The molecular weight excluding hydrogens is 316 g/mol. The van der Waals surface area contributed by atoms with E-state index in [-0.39, 0.29) is 11.8 Å². The number of hydrogen-bond acceptors (Lipinski definition) is 3. The van der Waals surface area contributed by atoms with Crippen LogP contribution in [0.15, 0.2) is 53.3 Å². The van der Waals surface area contributed by atoms with Gasteiger partial charge in [0.25, 0.3) is 0 Å². The molecule has 1 unspecified atom stereocenters. The first-order chi connectivity index (χ1) is 9.58. The molecule has 0 fully saturated rings. The standard InChI is InChI=1S/C16H17BrN2O/c1-12(16(20)14-5-7-15(17)8-6-14)19(2)11-13-4-3-9-18-10-13/h3-10,12H,11H2,1-2H3. The van der Waals surface area contributed by atoms with Crippen molar-refractivity contribution in [3.63, 3.8) is 0 Å². The van der Waals surface area contributed by atoms with Crippen LogP contribution in [-0.4, -0.2) is 28.8 Å². The summed E-state index contributed by atoms with van der Waals surface area (Å²) in [5, 5.41) is 0. The molecule has 1 heterocycles. The lowest BCUT2D eigenvalue weighted by Crippen LogP contribution is -2.35. The number of Topliss-reactive ketones (excluding diaryl/α,β-unsaturated/α-hetero) is 1. The van der Waals surface area contributed by atoms with Gasteiger partial charge in [0.1, 0.15) is 0 Å². The first-order valence-electron chi connectivity index (χ1n) is 6.47. The Balaban J connectivity index is 2.04. The van der Waals surface area contributed by atoms with Crippen LogP contribution >= 0.6 is 15.9 Å². The van der Waals surface area contributed by atoms with Crippen molar-refractivity contribution < 1.29 is 4.79 Å². The summed E-state index contributed by atoms with van der Waals surface area (Å²) in [5.41, 5.74) is 1.84. The third-order valence-electron chi connectivity index (χ3n) is 3.32. The van der Waals surface area contributed by atoms with E-state index in [2.05, 4.69) is 20.9 Å². The minimum Gasteiger partial charge on any atom is -0.292 e. The largest absolute Gasteiger partial charge is 0.292 e. The third kappa shape index (κ3) is 3.74. The maximum absolute atomic E-state index is 12.4. The topological polar surface area (TPSA) is 33.2 Å². The molecule has 0 aliphatic carbocycles. The SMILES string of the molecule is CC(C(=O)c1ccc(Br)cc1)N(C)Cc1cccnc1. The molecule has 0 bridgehead atoms. The van der Waals surface area contributed by atoms with E-state index in [1.54, 1.807) is 6.20 Å². The highest BCUT2D eigenvalue weighted by Gasteiger charge is 2.19. The number of rotatable bonds is 5. The van der Waals surface area contributed by atoms with Gasteiger partial charge < -0.3 is 0 Å². The van der Waals surface area contributed by atoms with Crippen LogP contribution in [0, 0.1) is 0 Å². The molecule has 0 aliphatic heterocycles. The smallest absolute Gasteiger partial charge is 0.179 e. The Morgan fingerprint density at radius 1 is 1.30 bits per heavy atom. The van der Waals surface area contributed by atoms with E-state index in [4.69, 9.17) is 0 Å². The maximum atomic E-state index is 12.4. The molecule has 0 saturated heterocycles. The monoisotopic (exact) mass is 332 g/mol. The summed E-state index contributed by atoms with van der Waals surface area (Å²) < 4.78 is 0.977. The number of ketones is 1. The average Bonchev–Trinajstić information content (AvgIpc) is 2.47. The van der Waals surface area contributed by atoms with Gasteiger partial charge in [-0.25, -0.2) is 0 Å². The number of pyridine rings is 1. The fourth-order valence-electron chi connectivity index (χ4n) is 1.97. The number of benzene rings is 1. The quantitative estimate of drug-likeness (QED) is 0.785. The number of halogens is 1. The Hall–Kier alpha value is -1.52. The van der Waals surface area contributed by atoms with E-state index in [1.165, 1.54) is 0 Å². The number of likely N-dealkylation sites (N-methyl/N-ethyl adjacent to an activating group) is 1. The Morgan fingerprint density at radius 3 is 2.60 bits per heavy atom. The van der Waals surface area contributed by atoms with Crippen LogP contribution < -0.4 is 0 Å². The van der Waals surface area contributed by atoms with Gasteiger partial charge in [-0.15, -0.1) is 0 Å². The molecule has 4 heteroatoms. The van der Waals surface area contributed by atoms with Crippen molar-refractivity contribution in [3.8, 4) is 0 Å². The molecule has 0 radical (unpaired) electrons. The molecule has 0 spiro atoms. The average molecular weight is 333 g/mol. The molecule has 20 heavy (non-hydrogen) atoms. The molecule has 3 nitrogen and oxygen atoms in total. The summed E-state index contributed by atoms with van der Waals surface area (Å²) in [6.45, 7) is 2.64. The molecule has 1 aromatic carbocycles. The van der Waals surface area contributed by atoms with Crippen LogP contribution in [0.3, 0.4) is 0 Å². The fraction of sp³-hybridized carbons (Fsp3) is 0.250. The molecule has 1 aromatic heterocycles. The number of hydrogen-bond donors (Lipinski definition) is 0. The van der Waals surface area contributed by atoms with E-state index in [1.807, 2.05) is 61.5 Å². The number of carbonyl (C=O) groups is 1. The second kappa shape index (κ2) is 6.77. The molecule has 0 saturated carbocycles. The van der Waals surface area contributed by atoms with Gasteiger partial charge >= 0.3 is 0 Å². The lowest BCUT2D eigenvalue weighted by molar-refractivity contribution is 0.0862. The van der Waals surface area contributed by atoms with Gasteiger partial charge in [-0.1, -0.05) is 34.1 Å². The van der Waals surface area contributed by atoms with Gasteiger partial charge in [-0.3, -0.25) is 14.7 Å². The number of aromatic nitrogens is 1. The Bertz CT molecular complexity index is 569. The summed E-state index contributed by atoms with van der Waals surface area (Å²) >= 11 is 3.38. The maximum Gasteiger partial charge on any atom is 0.179 e. The molecule has 1 atom stereocenters. The Kier molecular flexibility index (Phi) is 5.04. The molecule has 104 valence electrons. The highest BCUT2D eigenvalue weighted by molar-refractivity contribution is 9.10. The minimum absolute atomic E-state index is 0.129. The summed E-state index contributed by atoms with van der Waals surface area (Å²) in [6, 6.07) is 11.2. The molecule has 0 amide bonds. The summed E-state index contributed by atoms with van der Waals surface area (Å²) in [4.78, 5) is 18.5. The minimum atomic E-state index is -0.170. The molecular formula is C16H17BrN2O. The number of carbonyl (C=O) groups excluding carboxylic acids is 1. The zero-order chi connectivity index (χ0) is 14.5. The van der Waals surface area contributed by atoms with Crippen LogP contribution in [0.2, 0.25) is 0 Å². The van der Waals surface area contributed by atoms with E-state index < -0.39 is 0 Å². The van der Waals surface area contributed by atoms with E-state index >= 15 is 0 Å². The Labute approximate surface area is 127 Å². The van der Waals surface area contributed by atoms with Gasteiger partial charge in [0, 0.05) is 29.0 Å². The van der Waals surface area contributed by atoms with Crippen molar-refractivity contribution in [2.24, 2.45) is 0 Å². The zero-order valence-electron chi connectivity index (χ0n) is 11.6. The van der Waals surface area contributed by atoms with E-state index in [9.17, 15) is 4.79 Å². The van der Waals surface area contributed by atoms with Gasteiger partial charge in [0.2, 0.25) is 0 Å². The first-order valence-corrected chi connectivity index (χ1v) is 7.26. The highest BCUT2D eigenvalue weighted by atomic mass is 79.9. The van der Waals surface area contributed by atoms with E-state index in [0.29, 0.717) is 6.54 Å². The van der Waals surface area contributed by atoms with E-state index in [0.717, 1.165) is 15.6 Å². The van der Waals surface area contributed by atoms with Crippen molar-refractivity contribution in [2.45, 2.75) is 19.5 Å². The van der Waals surface area contributed by atoms with Crippen molar-refractivity contribution >= 4 is 21.7 Å². The molecule has 0 aliphatic rings. The summed E-state index contributed by atoms with van der Waals surface area (Å²) in [7, 11) is 1.95. The van der Waals surface area contributed by atoms with Gasteiger partial charge in [0.15, 0.2) is 5.78 Å². The zero-order valence-corrected chi connectivity index (χ0v) is 13.2. The first kappa shape index (κ1) is 14.9. The van der Waals surface area contributed by atoms with Crippen molar-refractivity contribution in [1.82, 2.24) is 9.88 Å². The lowest BCUT2D eigenvalue weighted by Gasteiger charge is -2.23. The summed E-state index contributed by atoms with van der Waals surface area (Å²) in [5.74, 6) is 0.129. The van der Waals surface area contributed by atoms with Crippen LogP contribution in [0.1, 0.15) is 22.8 Å². The third-order valence-corrected chi connectivity index (χ3v) is 3.85. The normalized spacial score (nSPS) is 12.4. The Morgan fingerprint density at radius 2 is 2.00 bits per heavy atom. The van der Waals surface area contributed by atoms with Crippen molar-refractivity contribution in [1.29, 1.82) is 0 Å². The predicted octanol–water partition coefficient (Wildman–Crippen LogP) is 3.55. The van der Waals surface area contributed by atoms with Gasteiger partial charge in [0.05, 0.1) is 6.04 Å². The second-order valence-electron chi connectivity index (χ2n) is 4.82. The number of nitrogens with zero attached hydrogens (tertiary/aromatic N) is 2. The summed E-state index contributed by atoms with van der Waals surface area (Å²) in [6.07, 6.45) is 3.58. The predicted molar refractivity (Wildman–Crippen MR) is 83.6 cm³/mol. The highest BCUT2D eigenvalue weighted by Crippen LogP contribution is 2.14. The van der Waals surface area contributed by atoms with Gasteiger partial charge in [-0.05, 0) is 37.7 Å². The second-order valence-corrected chi connectivity index (χ2v) is 5.74. The van der Waals surface area contributed by atoms with Gasteiger partial charge in [-0.2, -0.15) is 0 Å². The van der Waals surface area contributed by atoms with Crippen LogP contribution in [0.25, 0.3) is 0 Å². The molecule has 0 N–H and O–H groups in total. The molecule has 2 rings (SSSR count). The fourth-order valence-corrected chi connectivity index (χ4v) is 2.24. The van der Waals surface area contributed by atoms with Crippen LogP contribution in [0.4, 0.5) is 0 Å². The molecule has 2 aromatic rings. The van der Waals surface area contributed by atoms with Crippen LogP contribution in [0.5, 0.6) is 0 Å². The lowest BCUT2D eigenvalue weighted by atomic mass is 10.0. The van der Waals surface area contributed by atoms with Crippen molar-refractivity contribution in [2.75, 3.05) is 7.05 Å². The van der Waals surface area contributed by atoms with Crippen LogP contribution in [-0.2, 0) is 6.54 Å².